The molecule has 3 heterocycles. The van der Waals surface area contributed by atoms with E-state index in [1.807, 2.05) is 36.4 Å². The van der Waals surface area contributed by atoms with Gasteiger partial charge in [-0.05, 0) is 61.8 Å². The van der Waals surface area contributed by atoms with E-state index in [2.05, 4.69) is 39.5 Å². The molecule has 1 saturated heterocycles. The van der Waals surface area contributed by atoms with Gasteiger partial charge in [0.1, 0.15) is 12.4 Å². The molecular weight excluding hydrogens is 476 g/mol. The molecule has 5 rings (SSSR count). The molecule has 1 aromatic heterocycles. The highest BCUT2D eigenvalue weighted by atomic mass is 35.5. The molecule has 190 valence electrons. The highest BCUT2D eigenvalue weighted by Gasteiger charge is 2.13. The summed E-state index contributed by atoms with van der Waals surface area (Å²) in [6, 6.07) is 16.2. The SMILES string of the molecule is C1=CCOCc2cc(ccc2OCCN2CCCC2)Nc2nccc(n2)-c2cccc(c2)COC1.Cl. The van der Waals surface area contributed by atoms with Crippen LogP contribution in [0.4, 0.5) is 11.6 Å². The van der Waals surface area contributed by atoms with Crippen molar-refractivity contribution in [3.8, 4) is 17.0 Å². The zero-order valence-corrected chi connectivity index (χ0v) is 21.2. The first-order chi connectivity index (χ1) is 17.3. The van der Waals surface area contributed by atoms with Gasteiger partial charge in [0.2, 0.25) is 5.95 Å². The van der Waals surface area contributed by atoms with Crippen molar-refractivity contribution in [2.75, 3.05) is 44.8 Å². The normalized spacial score (nSPS) is 16.3. The number of halogens is 1. The minimum absolute atomic E-state index is 0. The molecule has 0 atom stereocenters. The lowest BCUT2D eigenvalue weighted by atomic mass is 10.1. The predicted octanol–water partition coefficient (Wildman–Crippen LogP) is 5.39. The van der Waals surface area contributed by atoms with Gasteiger partial charge in [0.15, 0.2) is 0 Å². The second-order valence-corrected chi connectivity index (χ2v) is 8.81. The van der Waals surface area contributed by atoms with Crippen molar-refractivity contribution in [1.29, 1.82) is 0 Å². The van der Waals surface area contributed by atoms with Gasteiger partial charge in [-0.2, -0.15) is 0 Å². The van der Waals surface area contributed by atoms with E-state index in [9.17, 15) is 0 Å². The molecule has 7 nitrogen and oxygen atoms in total. The Balaban J connectivity index is 0.00000304. The van der Waals surface area contributed by atoms with Crippen LogP contribution < -0.4 is 10.1 Å². The van der Waals surface area contributed by atoms with Gasteiger partial charge >= 0.3 is 0 Å². The standard InChI is InChI=1S/C28H32N4O3.ClH/c1-2-13-32(12-1)14-17-35-27-9-8-25-19-24(27)21-34-16-4-3-15-33-20-22-6-5-7-23(18-22)26-10-11-29-28(30-25)31-26;/h3-11,18-19H,1-2,12-17,20-21H2,(H,29,30,31);1H. The van der Waals surface area contributed by atoms with Crippen molar-refractivity contribution in [1.82, 2.24) is 14.9 Å². The lowest BCUT2D eigenvalue weighted by molar-refractivity contribution is 0.138. The van der Waals surface area contributed by atoms with Gasteiger partial charge in [-0.1, -0.05) is 30.4 Å². The van der Waals surface area contributed by atoms with Crippen LogP contribution in [0, 0.1) is 0 Å². The Morgan fingerprint density at radius 2 is 1.78 bits per heavy atom. The van der Waals surface area contributed by atoms with E-state index < -0.39 is 0 Å². The van der Waals surface area contributed by atoms with Crippen LogP contribution in [0.25, 0.3) is 11.3 Å². The van der Waals surface area contributed by atoms with E-state index in [4.69, 9.17) is 19.2 Å². The zero-order chi connectivity index (χ0) is 23.7. The summed E-state index contributed by atoms with van der Waals surface area (Å²) in [5.41, 5.74) is 4.88. The van der Waals surface area contributed by atoms with E-state index >= 15 is 0 Å². The van der Waals surface area contributed by atoms with Gasteiger partial charge in [-0.3, -0.25) is 4.90 Å². The van der Waals surface area contributed by atoms with Crippen molar-refractivity contribution in [3.63, 3.8) is 0 Å². The van der Waals surface area contributed by atoms with Crippen LogP contribution in [0.3, 0.4) is 0 Å². The van der Waals surface area contributed by atoms with Crippen molar-refractivity contribution in [2.24, 2.45) is 0 Å². The molecule has 2 aliphatic heterocycles. The van der Waals surface area contributed by atoms with Crippen molar-refractivity contribution >= 4 is 24.0 Å². The first kappa shape index (κ1) is 26.1. The van der Waals surface area contributed by atoms with Gasteiger partial charge in [0.25, 0.3) is 0 Å². The number of hydrogen-bond acceptors (Lipinski definition) is 7. The Morgan fingerprint density at radius 1 is 0.944 bits per heavy atom. The average Bonchev–Trinajstić information content (AvgIpc) is 3.40. The van der Waals surface area contributed by atoms with Gasteiger partial charge in [-0.15, -0.1) is 12.4 Å². The van der Waals surface area contributed by atoms with E-state index in [1.165, 1.54) is 25.9 Å². The maximum absolute atomic E-state index is 6.16. The molecule has 6 bridgehead atoms. The van der Waals surface area contributed by atoms with E-state index in [-0.39, 0.29) is 12.4 Å². The van der Waals surface area contributed by atoms with E-state index in [0.717, 1.165) is 40.4 Å². The molecule has 0 amide bonds. The van der Waals surface area contributed by atoms with Crippen LogP contribution >= 0.6 is 12.4 Å². The molecule has 1 N–H and O–H groups in total. The topological polar surface area (TPSA) is 68.7 Å². The quantitative estimate of drug-likeness (QED) is 0.474. The van der Waals surface area contributed by atoms with Crippen LogP contribution in [0.5, 0.6) is 5.75 Å². The third-order valence-corrected chi connectivity index (χ3v) is 6.18. The number of nitrogens with zero attached hydrogens (tertiary/aromatic N) is 3. The van der Waals surface area contributed by atoms with Crippen LogP contribution in [-0.2, 0) is 22.7 Å². The summed E-state index contributed by atoms with van der Waals surface area (Å²) in [5, 5.41) is 3.34. The largest absolute Gasteiger partial charge is 0.492 e. The molecule has 0 unspecified atom stereocenters. The van der Waals surface area contributed by atoms with Crippen LogP contribution in [-0.4, -0.2) is 54.3 Å². The minimum Gasteiger partial charge on any atom is -0.492 e. The second kappa shape index (κ2) is 13.4. The number of hydrogen-bond donors (Lipinski definition) is 1. The molecule has 36 heavy (non-hydrogen) atoms. The maximum Gasteiger partial charge on any atom is 0.227 e. The average molecular weight is 509 g/mol. The van der Waals surface area contributed by atoms with E-state index in [1.54, 1.807) is 6.20 Å². The Morgan fingerprint density at radius 3 is 2.64 bits per heavy atom. The number of likely N-dealkylation sites (tertiary alicyclic amines) is 1. The fourth-order valence-corrected chi connectivity index (χ4v) is 4.35. The third kappa shape index (κ3) is 7.27. The van der Waals surface area contributed by atoms with Crippen LogP contribution in [0.2, 0.25) is 0 Å². The summed E-state index contributed by atoms with van der Waals surface area (Å²) in [4.78, 5) is 11.6. The molecular formula is C28H33ClN4O3. The number of aromatic nitrogens is 2. The Kier molecular flexibility index (Phi) is 9.69. The lowest BCUT2D eigenvalue weighted by Crippen LogP contribution is -2.25. The molecule has 0 radical (unpaired) electrons. The third-order valence-electron chi connectivity index (χ3n) is 6.18. The first-order valence-electron chi connectivity index (χ1n) is 12.3. The number of fused-ring (bicyclic) bond motifs is 7. The molecule has 3 aromatic rings. The Bertz CT molecular complexity index is 1150. The molecule has 8 heteroatoms. The summed E-state index contributed by atoms with van der Waals surface area (Å²) in [5.74, 6) is 1.39. The number of ether oxygens (including phenoxy) is 3. The summed E-state index contributed by atoms with van der Waals surface area (Å²) in [6.07, 6.45) is 8.33. The lowest BCUT2D eigenvalue weighted by Gasteiger charge is -2.17. The smallest absolute Gasteiger partial charge is 0.227 e. The Labute approximate surface area is 218 Å². The maximum atomic E-state index is 6.16. The summed E-state index contributed by atoms with van der Waals surface area (Å²) >= 11 is 0. The number of anilines is 2. The number of rotatable bonds is 4. The minimum atomic E-state index is 0. The van der Waals surface area contributed by atoms with Gasteiger partial charge in [0.05, 0.1) is 32.1 Å². The second-order valence-electron chi connectivity index (χ2n) is 8.81. The monoisotopic (exact) mass is 508 g/mol. The van der Waals surface area contributed by atoms with Gasteiger partial charge in [-0.25, -0.2) is 9.97 Å². The molecule has 0 spiro atoms. The summed E-state index contributed by atoms with van der Waals surface area (Å²) in [6.45, 7) is 5.99. The first-order valence-corrected chi connectivity index (χ1v) is 12.3. The fraction of sp³-hybridized carbons (Fsp3) is 0.357. The highest BCUT2D eigenvalue weighted by Crippen LogP contribution is 2.26. The summed E-state index contributed by atoms with van der Waals surface area (Å²) in [7, 11) is 0. The fourth-order valence-electron chi connectivity index (χ4n) is 4.35. The van der Waals surface area contributed by atoms with Crippen molar-refractivity contribution < 1.29 is 14.2 Å². The molecule has 0 aliphatic carbocycles. The van der Waals surface area contributed by atoms with Crippen LogP contribution in [0.1, 0.15) is 24.0 Å². The van der Waals surface area contributed by atoms with Gasteiger partial charge < -0.3 is 19.5 Å². The van der Waals surface area contributed by atoms with Gasteiger partial charge in [0, 0.05) is 29.6 Å². The predicted molar refractivity (Wildman–Crippen MR) is 144 cm³/mol. The Hall–Kier alpha value is -2.97. The highest BCUT2D eigenvalue weighted by molar-refractivity contribution is 5.85. The van der Waals surface area contributed by atoms with Crippen molar-refractivity contribution in [3.05, 3.63) is 78.0 Å². The number of nitrogens with one attached hydrogen (secondary N) is 1. The molecule has 2 aromatic carbocycles. The van der Waals surface area contributed by atoms with Crippen molar-refractivity contribution in [2.45, 2.75) is 26.1 Å². The zero-order valence-electron chi connectivity index (χ0n) is 20.4. The molecule has 2 aliphatic rings. The molecule has 0 saturated carbocycles. The number of benzene rings is 2. The summed E-state index contributed by atoms with van der Waals surface area (Å²) < 4.78 is 17.9. The van der Waals surface area contributed by atoms with Crippen LogP contribution in [0.15, 0.2) is 66.9 Å². The molecule has 1 fully saturated rings. The van der Waals surface area contributed by atoms with E-state index in [0.29, 0.717) is 39.0 Å².